The van der Waals surface area contributed by atoms with Gasteiger partial charge in [0.2, 0.25) is 5.78 Å². The molecule has 188 valence electrons. The SMILES string of the molecule is C=CCC1=C(O[Si](c2ccccc2)(c2ccccc2)C(C)(C)C)C=C2OCO[C@@]2(CC=C(C)C)C1=O. The molecule has 4 rings (SSSR count). The molecule has 1 aliphatic carbocycles. The quantitative estimate of drug-likeness (QED) is 0.331. The molecule has 0 spiro atoms. The van der Waals surface area contributed by atoms with Crippen LogP contribution in [0.3, 0.4) is 0 Å². The van der Waals surface area contributed by atoms with E-state index in [0.29, 0.717) is 29.9 Å². The van der Waals surface area contributed by atoms with Gasteiger partial charge in [-0.3, -0.25) is 4.79 Å². The molecule has 1 aliphatic heterocycles. The van der Waals surface area contributed by atoms with Crippen LogP contribution in [-0.2, 0) is 18.7 Å². The van der Waals surface area contributed by atoms with E-state index in [9.17, 15) is 4.79 Å². The summed E-state index contributed by atoms with van der Waals surface area (Å²) in [4.78, 5) is 14.1. The number of ether oxygens (including phenoxy) is 2. The van der Waals surface area contributed by atoms with Gasteiger partial charge in [-0.15, -0.1) is 6.58 Å². The fraction of sp³-hybridized carbons (Fsp3) is 0.323. The third-order valence-corrected chi connectivity index (χ3v) is 11.9. The van der Waals surface area contributed by atoms with Crippen molar-refractivity contribution >= 4 is 24.5 Å². The van der Waals surface area contributed by atoms with Crippen molar-refractivity contribution in [2.45, 2.75) is 58.1 Å². The van der Waals surface area contributed by atoms with Crippen molar-refractivity contribution in [1.29, 1.82) is 0 Å². The molecule has 36 heavy (non-hydrogen) atoms. The molecule has 1 saturated heterocycles. The highest BCUT2D eigenvalue weighted by Gasteiger charge is 2.56. The van der Waals surface area contributed by atoms with Gasteiger partial charge >= 0.3 is 8.32 Å². The molecule has 0 N–H and O–H groups in total. The molecular weight excluding hydrogens is 464 g/mol. The largest absolute Gasteiger partial charge is 0.534 e. The highest BCUT2D eigenvalue weighted by atomic mass is 28.4. The number of carbonyl (C=O) groups excluding carboxylic acids is 1. The number of benzene rings is 2. The van der Waals surface area contributed by atoms with Crippen molar-refractivity contribution < 1.29 is 18.7 Å². The molecule has 1 atom stereocenters. The van der Waals surface area contributed by atoms with Gasteiger partial charge in [0.05, 0.1) is 0 Å². The van der Waals surface area contributed by atoms with Crippen LogP contribution in [0.2, 0.25) is 5.04 Å². The molecular formula is C31H36O4Si. The van der Waals surface area contributed by atoms with Gasteiger partial charge in [0, 0.05) is 18.1 Å². The van der Waals surface area contributed by atoms with Crippen LogP contribution in [0.1, 0.15) is 47.5 Å². The van der Waals surface area contributed by atoms with Crippen molar-refractivity contribution in [1.82, 2.24) is 0 Å². The topological polar surface area (TPSA) is 44.8 Å². The van der Waals surface area contributed by atoms with Gasteiger partial charge in [-0.25, -0.2) is 0 Å². The number of ketones is 1. The highest BCUT2D eigenvalue weighted by molar-refractivity contribution is 6.99. The molecule has 4 nitrogen and oxygen atoms in total. The van der Waals surface area contributed by atoms with E-state index in [1.165, 1.54) is 0 Å². The molecule has 0 bridgehead atoms. The van der Waals surface area contributed by atoms with Crippen LogP contribution in [0.5, 0.6) is 0 Å². The Bertz CT molecular complexity index is 1170. The Morgan fingerprint density at radius 3 is 2.14 bits per heavy atom. The summed E-state index contributed by atoms with van der Waals surface area (Å²) < 4.78 is 19.1. The second-order valence-electron chi connectivity index (χ2n) is 10.7. The predicted molar refractivity (Wildman–Crippen MR) is 147 cm³/mol. The first-order valence-corrected chi connectivity index (χ1v) is 14.4. The van der Waals surface area contributed by atoms with Crippen LogP contribution in [-0.4, -0.2) is 26.5 Å². The van der Waals surface area contributed by atoms with Gasteiger partial charge in [-0.2, -0.15) is 0 Å². The van der Waals surface area contributed by atoms with E-state index < -0.39 is 13.9 Å². The maximum Gasteiger partial charge on any atom is 0.319 e. The molecule has 1 heterocycles. The van der Waals surface area contributed by atoms with Crippen molar-refractivity contribution in [2.24, 2.45) is 0 Å². The van der Waals surface area contributed by atoms with E-state index in [2.05, 4.69) is 75.9 Å². The minimum Gasteiger partial charge on any atom is -0.534 e. The van der Waals surface area contributed by atoms with Crippen molar-refractivity contribution in [3.63, 3.8) is 0 Å². The Labute approximate surface area is 216 Å². The lowest BCUT2D eigenvalue weighted by atomic mass is 9.81. The molecule has 5 heteroatoms. The van der Waals surface area contributed by atoms with Gasteiger partial charge in [-0.1, -0.05) is 99.2 Å². The average Bonchev–Trinajstić information content (AvgIpc) is 3.28. The molecule has 0 unspecified atom stereocenters. The lowest BCUT2D eigenvalue weighted by molar-refractivity contribution is -0.132. The number of fused-ring (bicyclic) bond motifs is 1. The van der Waals surface area contributed by atoms with Crippen LogP contribution in [0, 0.1) is 0 Å². The molecule has 2 aromatic rings. The molecule has 2 aromatic carbocycles. The average molecular weight is 501 g/mol. The van der Waals surface area contributed by atoms with E-state index >= 15 is 0 Å². The van der Waals surface area contributed by atoms with Crippen molar-refractivity contribution in [3.8, 4) is 0 Å². The van der Waals surface area contributed by atoms with Gasteiger partial charge < -0.3 is 13.9 Å². The van der Waals surface area contributed by atoms with Gasteiger partial charge in [0.25, 0.3) is 0 Å². The summed E-state index contributed by atoms with van der Waals surface area (Å²) in [5.74, 6) is 0.969. The highest BCUT2D eigenvalue weighted by Crippen LogP contribution is 2.45. The van der Waals surface area contributed by atoms with E-state index in [0.717, 1.165) is 15.9 Å². The maximum absolute atomic E-state index is 14.1. The summed E-state index contributed by atoms with van der Waals surface area (Å²) in [6.07, 6.45) is 6.49. The number of rotatable bonds is 8. The van der Waals surface area contributed by atoms with Crippen LogP contribution >= 0.6 is 0 Å². The van der Waals surface area contributed by atoms with Gasteiger partial charge in [0.1, 0.15) is 11.5 Å². The standard InChI is InChI=1S/C31H36O4Si/c1-7-14-26-27(21-28-31(29(26)32,34-22-33-28)20-19-23(2)3)35-36(30(4,5)6,24-15-10-8-11-16-24)25-17-12-9-13-18-25/h7-13,15-19,21H,1,14,20,22H2,2-6H3/t31-/m1/s1. The Hall–Kier alpha value is -3.15. The molecule has 0 aromatic heterocycles. The summed E-state index contributed by atoms with van der Waals surface area (Å²) in [5, 5.41) is 2.04. The number of Topliss-reactive ketones (excluding diaryl/α,β-unsaturated/α-hetero) is 1. The fourth-order valence-corrected chi connectivity index (χ4v) is 9.56. The second-order valence-corrected chi connectivity index (χ2v) is 14.9. The Morgan fingerprint density at radius 2 is 1.64 bits per heavy atom. The van der Waals surface area contributed by atoms with Crippen LogP contribution in [0.25, 0.3) is 0 Å². The monoisotopic (exact) mass is 500 g/mol. The lowest BCUT2D eigenvalue weighted by Crippen LogP contribution is -2.66. The summed E-state index contributed by atoms with van der Waals surface area (Å²) >= 11 is 0. The summed E-state index contributed by atoms with van der Waals surface area (Å²) in [6, 6.07) is 20.8. The Kier molecular flexibility index (Phi) is 7.25. The second kappa shape index (κ2) is 10.1. The van der Waals surface area contributed by atoms with Crippen molar-refractivity contribution in [3.05, 3.63) is 108 Å². The number of carbonyl (C=O) groups is 1. The van der Waals surface area contributed by atoms with E-state index in [-0.39, 0.29) is 17.6 Å². The third kappa shape index (κ3) is 4.42. The van der Waals surface area contributed by atoms with E-state index in [1.807, 2.05) is 38.1 Å². The molecule has 1 fully saturated rings. The Balaban J connectivity index is 1.94. The van der Waals surface area contributed by atoms with Gasteiger partial charge in [0.15, 0.2) is 12.4 Å². The van der Waals surface area contributed by atoms with E-state index in [4.69, 9.17) is 13.9 Å². The molecule has 0 radical (unpaired) electrons. The predicted octanol–water partition coefficient (Wildman–Crippen LogP) is 5.96. The first-order chi connectivity index (χ1) is 17.2. The third-order valence-electron chi connectivity index (χ3n) is 6.94. The van der Waals surface area contributed by atoms with Gasteiger partial charge in [-0.05, 0) is 35.7 Å². The summed E-state index contributed by atoms with van der Waals surface area (Å²) in [5.41, 5.74) is 0.554. The van der Waals surface area contributed by atoms with Crippen molar-refractivity contribution in [2.75, 3.05) is 6.79 Å². The normalized spacial score (nSPS) is 19.8. The van der Waals surface area contributed by atoms with Crippen LogP contribution < -0.4 is 10.4 Å². The fourth-order valence-electron chi connectivity index (χ4n) is 5.12. The number of hydrogen-bond acceptors (Lipinski definition) is 4. The molecule has 0 saturated carbocycles. The van der Waals surface area contributed by atoms with Crippen LogP contribution in [0.15, 0.2) is 108 Å². The smallest absolute Gasteiger partial charge is 0.319 e. The Morgan fingerprint density at radius 1 is 1.06 bits per heavy atom. The maximum atomic E-state index is 14.1. The summed E-state index contributed by atoms with van der Waals surface area (Å²) in [7, 11) is -2.94. The zero-order valence-electron chi connectivity index (χ0n) is 22.0. The number of hydrogen-bond donors (Lipinski definition) is 0. The minimum absolute atomic E-state index is 0.0437. The molecule has 2 aliphatic rings. The lowest BCUT2D eigenvalue weighted by Gasteiger charge is -2.44. The zero-order valence-corrected chi connectivity index (χ0v) is 23.0. The number of allylic oxidation sites excluding steroid dienone is 3. The van der Waals surface area contributed by atoms with E-state index in [1.54, 1.807) is 6.08 Å². The first-order valence-electron chi connectivity index (χ1n) is 12.5. The summed E-state index contributed by atoms with van der Waals surface area (Å²) in [6.45, 7) is 14.7. The minimum atomic E-state index is -2.94. The van der Waals surface area contributed by atoms with Crippen LogP contribution in [0.4, 0.5) is 0 Å². The first kappa shape index (κ1) is 25.9. The zero-order chi connectivity index (χ0) is 26.0. The molecule has 0 amide bonds.